The van der Waals surface area contributed by atoms with Crippen molar-refractivity contribution in [2.45, 2.75) is 0 Å². The molecule has 0 N–H and O–H groups in total. The lowest BCUT2D eigenvalue weighted by atomic mass is 11.3. The van der Waals surface area contributed by atoms with Crippen LogP contribution in [0.3, 0.4) is 0 Å². The molecule has 1 nitrogen and oxygen atoms in total. The molecular formula is C4H4I2O. The van der Waals surface area contributed by atoms with Crippen molar-refractivity contribution in [3.8, 4) is 0 Å². The fourth-order valence-corrected chi connectivity index (χ4v) is 2.51. The first-order chi connectivity index (χ1) is 3.41. The summed E-state index contributed by atoms with van der Waals surface area (Å²) in [5, 5.41) is 0. The van der Waals surface area contributed by atoms with E-state index in [1.54, 1.807) is 0 Å². The molecule has 3 heteroatoms. The number of halogens is 2. The van der Waals surface area contributed by atoms with Gasteiger partial charge in [-0.15, -0.1) is 0 Å². The topological polar surface area (TPSA) is 9.23 Å². The Kier molecular flexibility index (Phi) is 7.41. The second-order valence-electron chi connectivity index (χ2n) is 0.480. The summed E-state index contributed by atoms with van der Waals surface area (Å²) < 4.78 is 10.4. The molecule has 0 rings (SSSR count). The van der Waals surface area contributed by atoms with E-state index in [1.165, 1.54) is 0 Å². The number of hydrogen-bond acceptors (Lipinski definition) is 1. The van der Waals surface area contributed by atoms with Crippen molar-refractivity contribution in [2.24, 2.45) is 0 Å². The van der Waals surface area contributed by atoms with E-state index < -0.39 is 0 Å². The molecular weight excluding hydrogens is 318 g/mol. The minimum atomic E-state index is -0.293. The van der Waals surface area contributed by atoms with Crippen LogP contribution < -0.4 is 0 Å². The van der Waals surface area contributed by atoms with E-state index in [2.05, 4.69) is 20.5 Å². The van der Waals surface area contributed by atoms with Crippen LogP contribution in [0, 0.1) is 0 Å². The van der Waals surface area contributed by atoms with Crippen LogP contribution in [0.1, 0.15) is 0 Å². The molecule has 0 aromatic heterocycles. The van der Waals surface area contributed by atoms with Gasteiger partial charge in [-0.05, 0) is 13.2 Å². The average molecular weight is 322 g/mol. The maximum Gasteiger partial charge on any atom is 0.111 e. The minimum absolute atomic E-state index is 0.293. The Morgan fingerprint density at radius 2 is 1.57 bits per heavy atom. The molecule has 0 saturated carbocycles. The van der Waals surface area contributed by atoms with Crippen LogP contribution in [0.4, 0.5) is 0 Å². The predicted molar refractivity (Wildman–Crippen MR) is 50.4 cm³/mol. The Morgan fingerprint density at radius 3 is 1.86 bits per heavy atom. The van der Waals surface area contributed by atoms with Crippen molar-refractivity contribution in [3.05, 3.63) is 13.2 Å². The van der Waals surface area contributed by atoms with Crippen LogP contribution in [0.25, 0.3) is 0 Å². The Morgan fingerprint density at radius 1 is 1.14 bits per heavy atom. The molecule has 0 aromatic carbocycles. The first-order valence-electron chi connectivity index (χ1n) is 1.39. The number of rotatable bonds is 2. The molecule has 0 heterocycles. The van der Waals surface area contributed by atoms with Gasteiger partial charge in [0.25, 0.3) is 0 Å². The normalized spacial score (nSPS) is 6.86. The monoisotopic (exact) mass is 322 g/mol. The molecule has 0 atom stereocenters. The Bertz CT molecular complexity index is 113. The second kappa shape index (κ2) is 6.72. The predicted octanol–water partition coefficient (Wildman–Crippen LogP) is 1.95. The van der Waals surface area contributed by atoms with Crippen molar-refractivity contribution >= 4 is 49.6 Å². The van der Waals surface area contributed by atoms with Gasteiger partial charge in [0.15, 0.2) is 0 Å². The maximum atomic E-state index is 5.00. The lowest BCUT2D eigenvalue weighted by Crippen LogP contribution is -1.35. The SMILES string of the molecule is C=C=IOI=C=C. The van der Waals surface area contributed by atoms with E-state index in [9.17, 15) is 0 Å². The van der Waals surface area contributed by atoms with Crippen molar-refractivity contribution < 1.29 is 1.40 Å². The minimum Gasteiger partial charge on any atom is -0.246 e. The average Bonchev–Trinajstić information content (AvgIpc) is 1.69. The van der Waals surface area contributed by atoms with Crippen molar-refractivity contribution in [3.63, 3.8) is 0 Å². The summed E-state index contributed by atoms with van der Waals surface area (Å²) in [4.78, 5) is 0. The van der Waals surface area contributed by atoms with E-state index >= 15 is 0 Å². The molecule has 0 bridgehead atoms. The molecule has 0 unspecified atom stereocenters. The van der Waals surface area contributed by atoms with Crippen molar-refractivity contribution in [2.75, 3.05) is 0 Å². The Hall–Kier alpha value is 0.720. The molecule has 0 spiro atoms. The lowest BCUT2D eigenvalue weighted by Gasteiger charge is -1.67. The molecule has 0 fully saturated rings. The van der Waals surface area contributed by atoms with Crippen LogP contribution in [0.5, 0.6) is 0 Å². The highest BCUT2D eigenvalue weighted by Crippen LogP contribution is 2.07. The van der Waals surface area contributed by atoms with Crippen molar-refractivity contribution in [1.29, 1.82) is 0 Å². The first kappa shape index (κ1) is 7.72. The van der Waals surface area contributed by atoms with E-state index in [0.29, 0.717) is 0 Å². The third-order valence-corrected chi connectivity index (χ3v) is 3.36. The highest BCUT2D eigenvalue weighted by atomic mass is 127. The molecule has 40 valence electrons. The van der Waals surface area contributed by atoms with Crippen LogP contribution >= 0.6 is 42.3 Å². The van der Waals surface area contributed by atoms with Crippen LogP contribution in [0.2, 0.25) is 0 Å². The molecule has 0 amide bonds. The smallest absolute Gasteiger partial charge is 0.111 e. The Labute approximate surface area is 63.7 Å². The van der Waals surface area contributed by atoms with Crippen LogP contribution in [0.15, 0.2) is 13.2 Å². The van der Waals surface area contributed by atoms with Gasteiger partial charge in [-0.3, -0.25) is 0 Å². The molecule has 0 aliphatic heterocycles. The second-order valence-corrected chi connectivity index (χ2v) is 5.45. The molecule has 0 aliphatic rings. The third kappa shape index (κ3) is 6.72. The largest absolute Gasteiger partial charge is 0.246 e. The van der Waals surface area contributed by atoms with Gasteiger partial charge in [-0.1, -0.05) is 7.33 Å². The summed E-state index contributed by atoms with van der Waals surface area (Å²) in [5.74, 6) is 0. The molecule has 0 saturated heterocycles. The maximum absolute atomic E-state index is 5.00. The lowest BCUT2D eigenvalue weighted by molar-refractivity contribution is 0.931. The van der Waals surface area contributed by atoms with Gasteiger partial charge in [0, 0.05) is 0 Å². The summed E-state index contributed by atoms with van der Waals surface area (Å²) in [5.41, 5.74) is 0. The van der Waals surface area contributed by atoms with Gasteiger partial charge in [-0.2, -0.15) is 0 Å². The van der Waals surface area contributed by atoms with Gasteiger partial charge in [0.05, 0.1) is 0 Å². The van der Waals surface area contributed by atoms with E-state index in [0.717, 1.165) is 0 Å². The summed E-state index contributed by atoms with van der Waals surface area (Å²) in [6.45, 7) is 6.80. The van der Waals surface area contributed by atoms with Gasteiger partial charge in [0.2, 0.25) is 0 Å². The zero-order valence-electron chi connectivity index (χ0n) is 3.58. The standard InChI is InChI=1S/C4H4I2O/c1-3-5-7-6-4-2/h1-2H2. The van der Waals surface area contributed by atoms with E-state index in [-0.39, 0.29) is 42.3 Å². The highest BCUT2D eigenvalue weighted by molar-refractivity contribution is 14.2. The molecule has 0 radical (unpaired) electrons. The van der Waals surface area contributed by atoms with Crippen molar-refractivity contribution in [1.82, 2.24) is 0 Å². The Balaban J connectivity index is 3.33. The fourth-order valence-electron chi connectivity index (χ4n) is 0.0558. The highest BCUT2D eigenvalue weighted by Gasteiger charge is 1.58. The van der Waals surface area contributed by atoms with E-state index in [1.807, 2.05) is 0 Å². The summed E-state index contributed by atoms with van der Waals surface area (Å²) in [6.07, 6.45) is 0. The fraction of sp³-hybridized carbons (Fsp3) is 0. The van der Waals surface area contributed by atoms with Gasteiger partial charge in [0.1, 0.15) is 42.3 Å². The van der Waals surface area contributed by atoms with Gasteiger partial charge >= 0.3 is 0 Å². The van der Waals surface area contributed by atoms with Gasteiger partial charge in [-0.25, -0.2) is 1.40 Å². The summed E-state index contributed by atoms with van der Waals surface area (Å²) in [7, 11) is 0. The van der Waals surface area contributed by atoms with E-state index in [4.69, 9.17) is 1.40 Å². The molecule has 0 aromatic rings. The molecule has 0 aliphatic carbocycles. The summed E-state index contributed by atoms with van der Waals surface area (Å²) in [6, 6.07) is 0. The van der Waals surface area contributed by atoms with Crippen LogP contribution in [-0.2, 0) is 1.40 Å². The zero-order valence-corrected chi connectivity index (χ0v) is 7.89. The van der Waals surface area contributed by atoms with Crippen LogP contribution in [-0.4, -0.2) is 7.33 Å². The molecule has 7 heavy (non-hydrogen) atoms. The third-order valence-electron chi connectivity index (χ3n) is 0.167. The first-order valence-corrected chi connectivity index (χ1v) is 5.31. The number of hydrogen-bond donors (Lipinski definition) is 0. The summed E-state index contributed by atoms with van der Waals surface area (Å²) >= 11 is -0.586. The van der Waals surface area contributed by atoms with Gasteiger partial charge < -0.3 is 0 Å². The quantitative estimate of drug-likeness (QED) is 0.706. The zero-order chi connectivity index (χ0) is 5.54.